The van der Waals surface area contributed by atoms with Gasteiger partial charge in [0.1, 0.15) is 11.3 Å². The van der Waals surface area contributed by atoms with Crippen LogP contribution in [-0.2, 0) is 11.3 Å². The van der Waals surface area contributed by atoms with Crippen LogP contribution in [0.25, 0.3) is 22.2 Å². The van der Waals surface area contributed by atoms with Crippen LogP contribution in [0.1, 0.15) is 16.1 Å². The molecule has 174 valence electrons. The fraction of sp³-hybridized carbons (Fsp3) is 0.280. The summed E-state index contributed by atoms with van der Waals surface area (Å²) in [6.45, 7) is 6.86. The first-order valence-corrected chi connectivity index (χ1v) is 11.2. The first-order chi connectivity index (χ1) is 16.6. The third-order valence-corrected chi connectivity index (χ3v) is 5.85. The van der Waals surface area contributed by atoms with Gasteiger partial charge < -0.3 is 14.5 Å². The number of fused-ring (bicyclic) bond motifs is 1. The topological polar surface area (TPSA) is 102 Å². The van der Waals surface area contributed by atoms with Crippen LogP contribution >= 0.6 is 0 Å². The normalized spacial score (nSPS) is 14.4. The number of aryl methyl sites for hydroxylation is 1. The average molecular weight is 460 g/mol. The molecule has 2 aromatic heterocycles. The van der Waals surface area contributed by atoms with Gasteiger partial charge in [-0.05, 0) is 30.7 Å². The maximum absolute atomic E-state index is 13.0. The van der Waals surface area contributed by atoms with E-state index in [0.29, 0.717) is 28.9 Å². The summed E-state index contributed by atoms with van der Waals surface area (Å²) in [7, 11) is 0. The molecule has 1 N–H and O–H groups in total. The molecule has 0 spiro atoms. The number of hydrogen-bond donors (Lipinski definition) is 1. The molecule has 0 aliphatic carbocycles. The van der Waals surface area contributed by atoms with Crippen molar-refractivity contribution in [3.63, 3.8) is 0 Å². The van der Waals surface area contributed by atoms with Gasteiger partial charge in [-0.15, -0.1) is 5.10 Å². The number of morpholine rings is 1. The van der Waals surface area contributed by atoms with Gasteiger partial charge in [0.15, 0.2) is 11.2 Å². The lowest BCUT2D eigenvalue weighted by molar-refractivity contribution is 0.0359. The van der Waals surface area contributed by atoms with Crippen molar-refractivity contribution in [2.75, 3.05) is 38.2 Å². The van der Waals surface area contributed by atoms with Crippen LogP contribution < -0.4 is 10.7 Å². The minimum absolute atomic E-state index is 0.0506. The van der Waals surface area contributed by atoms with Crippen LogP contribution in [0.4, 0.5) is 5.69 Å². The van der Waals surface area contributed by atoms with Gasteiger partial charge in [0, 0.05) is 31.3 Å². The number of carbonyl (C=O) groups is 1. The average Bonchev–Trinajstić information content (AvgIpc) is 3.32. The molecule has 1 amide bonds. The predicted molar refractivity (Wildman–Crippen MR) is 128 cm³/mol. The molecule has 3 heterocycles. The van der Waals surface area contributed by atoms with E-state index in [1.165, 1.54) is 6.07 Å². The van der Waals surface area contributed by atoms with E-state index < -0.39 is 5.91 Å². The van der Waals surface area contributed by atoms with Gasteiger partial charge in [-0.1, -0.05) is 29.5 Å². The summed E-state index contributed by atoms with van der Waals surface area (Å²) in [5.41, 5.74) is 3.03. The van der Waals surface area contributed by atoms with Crippen molar-refractivity contribution in [1.29, 1.82) is 0 Å². The Morgan fingerprint density at radius 1 is 1.09 bits per heavy atom. The summed E-state index contributed by atoms with van der Waals surface area (Å²) in [6.07, 6.45) is 1.87. The van der Waals surface area contributed by atoms with Gasteiger partial charge in [-0.25, -0.2) is 0 Å². The minimum Gasteiger partial charge on any atom is -0.451 e. The number of nitrogens with one attached hydrogen (secondary N) is 1. The van der Waals surface area contributed by atoms with Crippen molar-refractivity contribution < 1.29 is 13.9 Å². The molecule has 0 radical (unpaired) electrons. The summed E-state index contributed by atoms with van der Waals surface area (Å²) >= 11 is 0. The van der Waals surface area contributed by atoms with Gasteiger partial charge in [-0.3, -0.25) is 19.2 Å². The molecule has 1 saturated heterocycles. The largest absolute Gasteiger partial charge is 0.451 e. The van der Waals surface area contributed by atoms with Crippen molar-refractivity contribution in [1.82, 2.24) is 19.9 Å². The van der Waals surface area contributed by atoms with E-state index >= 15 is 0 Å². The van der Waals surface area contributed by atoms with Crippen molar-refractivity contribution in [3.05, 3.63) is 76.3 Å². The number of ether oxygens (including phenoxy) is 1. The molecule has 0 atom stereocenters. The Hall–Kier alpha value is -3.82. The molecule has 0 saturated carbocycles. The van der Waals surface area contributed by atoms with Crippen LogP contribution in [0.3, 0.4) is 0 Å². The van der Waals surface area contributed by atoms with E-state index in [1.807, 2.05) is 31.3 Å². The van der Waals surface area contributed by atoms with Crippen molar-refractivity contribution in [2.24, 2.45) is 0 Å². The van der Waals surface area contributed by atoms with Crippen LogP contribution in [0.5, 0.6) is 0 Å². The highest BCUT2D eigenvalue weighted by atomic mass is 16.5. The molecule has 34 heavy (non-hydrogen) atoms. The number of hydrogen-bond acceptors (Lipinski definition) is 7. The number of rotatable bonds is 6. The molecule has 5 rings (SSSR count). The summed E-state index contributed by atoms with van der Waals surface area (Å²) in [5.74, 6) is -0.556. The van der Waals surface area contributed by atoms with Gasteiger partial charge in [0.2, 0.25) is 0 Å². The van der Waals surface area contributed by atoms with E-state index in [4.69, 9.17) is 9.15 Å². The highest BCUT2D eigenvalue weighted by Gasteiger charge is 2.17. The molecular weight excluding hydrogens is 434 g/mol. The number of nitrogens with zero attached hydrogens (tertiary/aromatic N) is 4. The zero-order chi connectivity index (χ0) is 23.5. The zero-order valence-corrected chi connectivity index (χ0v) is 18.9. The monoisotopic (exact) mass is 459 g/mol. The molecule has 1 aliphatic heterocycles. The summed E-state index contributed by atoms with van der Waals surface area (Å²) in [5, 5.41) is 11.9. The fourth-order valence-electron chi connectivity index (χ4n) is 3.98. The number of aromatic nitrogens is 3. The zero-order valence-electron chi connectivity index (χ0n) is 18.9. The Morgan fingerprint density at radius 2 is 1.91 bits per heavy atom. The van der Waals surface area contributed by atoms with Gasteiger partial charge >= 0.3 is 0 Å². The van der Waals surface area contributed by atoms with Gasteiger partial charge in [-0.2, -0.15) is 0 Å². The van der Waals surface area contributed by atoms with Gasteiger partial charge in [0.05, 0.1) is 37.0 Å². The van der Waals surface area contributed by atoms with Crippen molar-refractivity contribution in [3.8, 4) is 11.3 Å². The lowest BCUT2D eigenvalue weighted by Gasteiger charge is -2.26. The van der Waals surface area contributed by atoms with E-state index in [9.17, 15) is 9.59 Å². The van der Waals surface area contributed by atoms with Crippen LogP contribution in [0.15, 0.2) is 63.9 Å². The maximum Gasteiger partial charge on any atom is 0.291 e. The highest BCUT2D eigenvalue weighted by Crippen LogP contribution is 2.28. The van der Waals surface area contributed by atoms with Crippen LogP contribution in [-0.4, -0.2) is 58.6 Å². The number of amides is 1. The minimum atomic E-state index is -0.505. The number of anilines is 1. The molecule has 0 unspecified atom stereocenters. The predicted octanol–water partition coefficient (Wildman–Crippen LogP) is 2.94. The third kappa shape index (κ3) is 4.75. The Balaban J connectivity index is 1.37. The molecule has 1 fully saturated rings. The van der Waals surface area contributed by atoms with E-state index in [-0.39, 0.29) is 11.2 Å². The van der Waals surface area contributed by atoms with Crippen molar-refractivity contribution in [2.45, 2.75) is 13.5 Å². The summed E-state index contributed by atoms with van der Waals surface area (Å²) in [4.78, 5) is 27.7. The lowest BCUT2D eigenvalue weighted by atomic mass is 10.1. The summed E-state index contributed by atoms with van der Waals surface area (Å²) < 4.78 is 12.9. The molecule has 9 nitrogen and oxygen atoms in total. The number of para-hydroxylation sites is 1. The Kier molecular flexibility index (Phi) is 6.20. The standard InChI is InChI=1S/C25H25N5O4/c1-17-6-7-18(21-16-30(28-27-21)9-8-29-10-12-33-13-11-29)20(14-17)26-25(32)24-15-22(31)19-4-2-3-5-23(19)34-24/h2-7,14-16H,8-13H2,1H3,(H,26,32). The van der Waals surface area contributed by atoms with Crippen LogP contribution in [0, 0.1) is 6.92 Å². The second-order valence-corrected chi connectivity index (χ2v) is 8.30. The van der Waals surface area contributed by atoms with E-state index in [0.717, 1.165) is 44.0 Å². The Bertz CT molecular complexity index is 1390. The first kappa shape index (κ1) is 22.0. The molecular formula is C25H25N5O4. The van der Waals surface area contributed by atoms with E-state index in [1.54, 1.807) is 28.9 Å². The molecule has 9 heteroatoms. The smallest absolute Gasteiger partial charge is 0.291 e. The molecule has 1 aliphatic rings. The fourth-order valence-corrected chi connectivity index (χ4v) is 3.98. The molecule has 4 aromatic rings. The van der Waals surface area contributed by atoms with Crippen molar-refractivity contribution >= 4 is 22.6 Å². The quantitative estimate of drug-likeness (QED) is 0.473. The highest BCUT2D eigenvalue weighted by molar-refractivity contribution is 6.05. The number of benzene rings is 2. The maximum atomic E-state index is 13.0. The van der Waals surface area contributed by atoms with Crippen LogP contribution in [0.2, 0.25) is 0 Å². The SMILES string of the molecule is Cc1ccc(-c2cn(CCN3CCOCC3)nn2)c(NC(=O)c2cc(=O)c3ccccc3o2)c1. The second-order valence-electron chi connectivity index (χ2n) is 8.30. The molecule has 0 bridgehead atoms. The van der Waals surface area contributed by atoms with E-state index in [2.05, 4.69) is 20.5 Å². The first-order valence-electron chi connectivity index (χ1n) is 11.2. The molecule has 2 aromatic carbocycles. The number of carbonyl (C=O) groups excluding carboxylic acids is 1. The lowest BCUT2D eigenvalue weighted by Crippen LogP contribution is -2.38. The summed E-state index contributed by atoms with van der Waals surface area (Å²) in [6, 6.07) is 13.8. The second kappa shape index (κ2) is 9.58. The van der Waals surface area contributed by atoms with Gasteiger partial charge in [0.25, 0.3) is 5.91 Å². The Labute approximate surface area is 195 Å². The third-order valence-electron chi connectivity index (χ3n) is 5.85. The Morgan fingerprint density at radius 3 is 2.76 bits per heavy atom.